The summed E-state index contributed by atoms with van der Waals surface area (Å²) < 4.78 is 14.8. The van der Waals surface area contributed by atoms with E-state index >= 15 is 0 Å². The molecule has 3 aliphatic rings. The highest BCUT2D eigenvalue weighted by Crippen LogP contribution is 2.26. The van der Waals surface area contributed by atoms with E-state index in [1.807, 2.05) is 31.4 Å². The average Bonchev–Trinajstić information content (AvgIpc) is 3.02. The summed E-state index contributed by atoms with van der Waals surface area (Å²) in [6.07, 6.45) is 13.5. The second kappa shape index (κ2) is 11.2. The zero-order valence-corrected chi connectivity index (χ0v) is 18.5. The molecule has 30 heavy (non-hydrogen) atoms. The number of hydrogen-bond donors (Lipinski definition) is 3. The summed E-state index contributed by atoms with van der Waals surface area (Å²) >= 11 is 6.56. The summed E-state index contributed by atoms with van der Waals surface area (Å²) in [4.78, 5) is 6.67. The molecule has 0 aromatic rings. The normalized spacial score (nSPS) is 23.3. The van der Waals surface area contributed by atoms with Crippen molar-refractivity contribution in [1.29, 1.82) is 0 Å². The van der Waals surface area contributed by atoms with Gasteiger partial charge in [0.15, 0.2) is 0 Å². The van der Waals surface area contributed by atoms with E-state index in [1.54, 1.807) is 6.20 Å². The second-order valence-corrected chi connectivity index (χ2v) is 7.77. The molecule has 2 aliphatic heterocycles. The number of aliphatic imine (C=N–C) groups is 1. The molecule has 0 saturated carbocycles. The predicted molar refractivity (Wildman–Crippen MR) is 124 cm³/mol. The Morgan fingerprint density at radius 3 is 2.97 bits per heavy atom. The van der Waals surface area contributed by atoms with Crippen molar-refractivity contribution >= 4 is 17.3 Å². The molecule has 1 aliphatic carbocycles. The molecule has 2 heterocycles. The van der Waals surface area contributed by atoms with Gasteiger partial charge in [-0.25, -0.2) is 4.39 Å². The zero-order valence-electron chi connectivity index (χ0n) is 17.8. The van der Waals surface area contributed by atoms with Gasteiger partial charge in [-0.05, 0) is 49.6 Å². The summed E-state index contributed by atoms with van der Waals surface area (Å²) in [5.74, 6) is -0.135. The summed E-state index contributed by atoms with van der Waals surface area (Å²) in [6.45, 7) is 8.18. The first-order valence-corrected chi connectivity index (χ1v) is 11.0. The molecule has 3 rings (SSSR count). The van der Waals surface area contributed by atoms with E-state index < -0.39 is 0 Å². The molecule has 0 spiro atoms. The average molecular weight is 432 g/mol. The van der Waals surface area contributed by atoms with Crippen LogP contribution in [0.3, 0.4) is 0 Å². The van der Waals surface area contributed by atoms with Crippen LogP contribution < -0.4 is 16.0 Å². The number of hydrogen-bond acceptors (Lipinski definition) is 5. The first-order valence-electron chi connectivity index (χ1n) is 10.6. The van der Waals surface area contributed by atoms with Gasteiger partial charge in [-0.2, -0.15) is 0 Å². The number of nitrogens with one attached hydrogen (secondary N) is 3. The van der Waals surface area contributed by atoms with Gasteiger partial charge < -0.3 is 20.9 Å². The molecule has 1 fully saturated rings. The van der Waals surface area contributed by atoms with E-state index in [9.17, 15) is 4.39 Å². The smallest absolute Gasteiger partial charge is 0.144 e. The van der Waals surface area contributed by atoms with Crippen LogP contribution in [-0.2, 0) is 0 Å². The molecule has 0 aromatic carbocycles. The number of halogens is 2. The van der Waals surface area contributed by atoms with E-state index in [0.29, 0.717) is 17.3 Å². The van der Waals surface area contributed by atoms with Gasteiger partial charge in [-0.3, -0.25) is 4.99 Å². The first-order chi connectivity index (χ1) is 14.6. The summed E-state index contributed by atoms with van der Waals surface area (Å²) in [5, 5.41) is 10.5. The fraction of sp³-hybridized carbons (Fsp3) is 0.435. The Kier molecular flexibility index (Phi) is 8.34. The third-order valence-corrected chi connectivity index (χ3v) is 5.48. The van der Waals surface area contributed by atoms with Crippen LogP contribution in [0.2, 0.25) is 0 Å². The minimum absolute atomic E-state index is 0.135. The second-order valence-electron chi connectivity index (χ2n) is 7.36. The van der Waals surface area contributed by atoms with E-state index in [0.717, 1.165) is 61.6 Å². The van der Waals surface area contributed by atoms with Gasteiger partial charge in [0, 0.05) is 43.6 Å². The number of nitrogens with zero attached hydrogens (tertiary/aromatic N) is 2. The largest absolute Gasteiger partial charge is 0.383 e. The molecular formula is C23H31ClFN5. The van der Waals surface area contributed by atoms with Crippen molar-refractivity contribution in [3.63, 3.8) is 0 Å². The van der Waals surface area contributed by atoms with Crippen molar-refractivity contribution in [2.24, 2.45) is 4.99 Å². The van der Waals surface area contributed by atoms with Gasteiger partial charge in [-0.1, -0.05) is 30.7 Å². The maximum absolute atomic E-state index is 14.8. The Hall–Kier alpha value is -2.31. The number of allylic oxidation sites excluding steroid dienone is 5. The Morgan fingerprint density at radius 1 is 1.30 bits per heavy atom. The third-order valence-electron chi connectivity index (χ3n) is 5.12. The molecule has 0 unspecified atom stereocenters. The molecule has 162 valence electrons. The van der Waals surface area contributed by atoms with Gasteiger partial charge in [0.05, 0.1) is 23.7 Å². The van der Waals surface area contributed by atoms with Crippen LogP contribution in [-0.4, -0.2) is 49.9 Å². The molecular weight excluding hydrogens is 401 g/mol. The predicted octanol–water partition coefficient (Wildman–Crippen LogP) is 3.87. The molecule has 5 nitrogen and oxygen atoms in total. The maximum atomic E-state index is 14.8. The standard InChI is InChI=1S/C23H31ClFN5/c1-3-6-17-12-19(24)18(13-21(17)28-7-4-2)14-29-22-16-27-15-20(25)23(22)30-10-5-8-26-9-11-30/h4,6-7,12-13,16,26-27,29H,3,5,8-11,14-15H2,1-2H3/b7-4-,17-6+,28-21+. The zero-order chi connectivity index (χ0) is 21.3. The fourth-order valence-corrected chi connectivity index (χ4v) is 3.92. The van der Waals surface area contributed by atoms with Gasteiger partial charge in [-0.15, -0.1) is 0 Å². The van der Waals surface area contributed by atoms with E-state index in [-0.39, 0.29) is 12.4 Å². The van der Waals surface area contributed by atoms with Gasteiger partial charge in [0.2, 0.25) is 0 Å². The maximum Gasteiger partial charge on any atom is 0.144 e. The van der Waals surface area contributed by atoms with Crippen LogP contribution >= 0.6 is 11.6 Å². The van der Waals surface area contributed by atoms with E-state index in [4.69, 9.17) is 11.6 Å². The lowest BCUT2D eigenvalue weighted by Gasteiger charge is -2.31. The monoisotopic (exact) mass is 431 g/mol. The van der Waals surface area contributed by atoms with Crippen molar-refractivity contribution in [3.05, 3.63) is 70.1 Å². The van der Waals surface area contributed by atoms with E-state index in [2.05, 4.69) is 38.8 Å². The van der Waals surface area contributed by atoms with Gasteiger partial charge in [0.1, 0.15) is 5.83 Å². The van der Waals surface area contributed by atoms with Crippen LogP contribution in [0.25, 0.3) is 0 Å². The topological polar surface area (TPSA) is 51.7 Å². The van der Waals surface area contributed by atoms with Crippen LogP contribution in [0, 0.1) is 0 Å². The third kappa shape index (κ3) is 5.64. The van der Waals surface area contributed by atoms with E-state index in [1.165, 1.54) is 0 Å². The molecule has 0 amide bonds. The summed E-state index contributed by atoms with van der Waals surface area (Å²) in [7, 11) is 0. The molecule has 0 aromatic heterocycles. The van der Waals surface area contributed by atoms with Gasteiger partial charge >= 0.3 is 0 Å². The minimum Gasteiger partial charge on any atom is -0.383 e. The lowest BCUT2D eigenvalue weighted by atomic mass is 9.98. The molecule has 3 N–H and O–H groups in total. The Bertz CT molecular complexity index is 840. The van der Waals surface area contributed by atoms with Crippen LogP contribution in [0.4, 0.5) is 4.39 Å². The van der Waals surface area contributed by atoms with Crippen LogP contribution in [0.5, 0.6) is 0 Å². The number of dihydropyridines is 1. The van der Waals surface area contributed by atoms with Crippen LogP contribution in [0.1, 0.15) is 26.7 Å². The van der Waals surface area contributed by atoms with Crippen molar-refractivity contribution < 1.29 is 4.39 Å². The summed E-state index contributed by atoms with van der Waals surface area (Å²) in [6, 6.07) is 0. The highest BCUT2D eigenvalue weighted by atomic mass is 35.5. The molecule has 0 radical (unpaired) electrons. The first kappa shape index (κ1) is 22.4. The highest BCUT2D eigenvalue weighted by molar-refractivity contribution is 6.34. The minimum atomic E-state index is -0.135. The van der Waals surface area contributed by atoms with Crippen molar-refractivity contribution in [2.75, 3.05) is 39.3 Å². The highest BCUT2D eigenvalue weighted by Gasteiger charge is 2.24. The quantitative estimate of drug-likeness (QED) is 0.597. The molecule has 7 heteroatoms. The lowest BCUT2D eigenvalue weighted by Crippen LogP contribution is -2.36. The van der Waals surface area contributed by atoms with Gasteiger partial charge in [0.25, 0.3) is 0 Å². The SMILES string of the molecule is C\C=C/N=C1\C=C(CNC2=CNCC(F)=C2N2CCCNCC2)C(Cl)=C\C1=C/CC. The van der Waals surface area contributed by atoms with Crippen LogP contribution in [0.15, 0.2) is 75.1 Å². The lowest BCUT2D eigenvalue weighted by molar-refractivity contribution is 0.347. The van der Waals surface area contributed by atoms with Crippen molar-refractivity contribution in [1.82, 2.24) is 20.9 Å². The molecule has 1 saturated heterocycles. The fourth-order valence-electron chi connectivity index (χ4n) is 3.68. The molecule has 0 bridgehead atoms. The Labute approximate surface area is 183 Å². The summed E-state index contributed by atoms with van der Waals surface area (Å²) in [5.41, 5.74) is 4.24. The number of rotatable bonds is 6. The Balaban J connectivity index is 1.78. The Morgan fingerprint density at radius 2 is 2.17 bits per heavy atom. The molecule has 0 atom stereocenters. The van der Waals surface area contributed by atoms with Crippen molar-refractivity contribution in [2.45, 2.75) is 26.7 Å². The van der Waals surface area contributed by atoms with Crippen molar-refractivity contribution in [3.8, 4) is 0 Å².